The van der Waals surface area contributed by atoms with E-state index >= 15 is 0 Å². The number of phenols is 2. The molecule has 3 rings (SSSR count). The lowest BCUT2D eigenvalue weighted by molar-refractivity contribution is -0.152. The van der Waals surface area contributed by atoms with Crippen molar-refractivity contribution in [2.24, 2.45) is 5.92 Å². The highest BCUT2D eigenvalue weighted by atomic mass is 16.5. The Morgan fingerprint density at radius 1 is 1.03 bits per heavy atom. The molecule has 184 valence electrons. The van der Waals surface area contributed by atoms with Crippen molar-refractivity contribution in [1.29, 1.82) is 0 Å². The van der Waals surface area contributed by atoms with Crippen LogP contribution in [0.2, 0.25) is 0 Å². The molecule has 1 aromatic carbocycles. The normalized spacial score (nSPS) is 18.8. The molecule has 1 saturated heterocycles. The van der Waals surface area contributed by atoms with Crippen molar-refractivity contribution in [2.75, 3.05) is 13.1 Å². The molecule has 1 atom stereocenters. The van der Waals surface area contributed by atoms with Crippen molar-refractivity contribution < 1.29 is 24.5 Å². The fourth-order valence-electron chi connectivity index (χ4n) is 4.89. The average Bonchev–Trinajstić information content (AvgIpc) is 3.26. The highest BCUT2D eigenvalue weighted by Crippen LogP contribution is 2.33. The van der Waals surface area contributed by atoms with E-state index in [-0.39, 0.29) is 53.0 Å². The number of phenolic OH excluding ortho intramolecular Hbond substituents is 2. The number of hydrogen-bond donors (Lipinski definition) is 3. The zero-order chi connectivity index (χ0) is 24.1. The van der Waals surface area contributed by atoms with E-state index in [1.807, 2.05) is 13.8 Å². The van der Waals surface area contributed by atoms with Crippen LogP contribution in [-0.2, 0) is 9.53 Å². The zero-order valence-electron chi connectivity index (χ0n) is 20.5. The molecule has 0 bridgehead atoms. The molecule has 2 aliphatic rings. The molecule has 1 heterocycles. The molecule has 2 fully saturated rings. The average molecular weight is 461 g/mol. The standard InChI is InChI=1S/C26H40N2O5/c1-16(2)13-22(26(32)33-19-7-5-6-8-19)27-18-9-11-28(12-10-18)25(31)21-14-20(17(3)4)23(29)15-24(21)30/h14-19,22,27,29-30H,5-13H2,1-4H3/t22-/m0/s1. The van der Waals surface area contributed by atoms with Gasteiger partial charge in [0.25, 0.3) is 5.91 Å². The lowest BCUT2D eigenvalue weighted by atomic mass is 9.97. The van der Waals surface area contributed by atoms with Crippen molar-refractivity contribution >= 4 is 11.9 Å². The maximum absolute atomic E-state index is 13.1. The maximum atomic E-state index is 13.1. The number of ether oxygens (including phenoxy) is 1. The van der Waals surface area contributed by atoms with Gasteiger partial charge in [0.2, 0.25) is 0 Å². The molecule has 0 radical (unpaired) electrons. The SMILES string of the molecule is CC(C)C[C@H](NC1CCN(C(=O)c2cc(C(C)C)c(O)cc2O)CC1)C(=O)OC1CCCC1. The number of carbonyl (C=O) groups is 2. The Labute approximate surface area is 197 Å². The van der Waals surface area contributed by atoms with E-state index in [2.05, 4.69) is 19.2 Å². The molecular weight excluding hydrogens is 420 g/mol. The fourth-order valence-corrected chi connectivity index (χ4v) is 4.89. The molecule has 0 unspecified atom stereocenters. The third-order valence-corrected chi connectivity index (χ3v) is 6.79. The van der Waals surface area contributed by atoms with Crippen LogP contribution < -0.4 is 5.32 Å². The summed E-state index contributed by atoms with van der Waals surface area (Å²) in [6.45, 7) is 9.16. The molecular formula is C26H40N2O5. The number of carbonyl (C=O) groups excluding carboxylic acids is 2. The van der Waals surface area contributed by atoms with Gasteiger partial charge in [0.05, 0.1) is 5.56 Å². The molecule has 1 aliphatic heterocycles. The van der Waals surface area contributed by atoms with Crippen molar-refractivity contribution in [3.8, 4) is 11.5 Å². The summed E-state index contributed by atoms with van der Waals surface area (Å²) in [5.41, 5.74) is 0.866. The summed E-state index contributed by atoms with van der Waals surface area (Å²) in [7, 11) is 0. The van der Waals surface area contributed by atoms with E-state index < -0.39 is 0 Å². The van der Waals surface area contributed by atoms with Gasteiger partial charge in [-0.2, -0.15) is 0 Å². The first kappa shape index (κ1) is 25.3. The second-order valence-corrected chi connectivity index (χ2v) is 10.3. The minimum absolute atomic E-state index is 0.00245. The summed E-state index contributed by atoms with van der Waals surface area (Å²) in [6.07, 6.45) is 6.42. The Morgan fingerprint density at radius 2 is 1.67 bits per heavy atom. The molecule has 7 heteroatoms. The Hall–Kier alpha value is -2.28. The van der Waals surface area contributed by atoms with Crippen LogP contribution in [-0.4, -0.2) is 58.3 Å². The predicted octanol–water partition coefficient (Wildman–Crippen LogP) is 4.32. The number of benzene rings is 1. The van der Waals surface area contributed by atoms with E-state index in [1.54, 1.807) is 11.0 Å². The summed E-state index contributed by atoms with van der Waals surface area (Å²) >= 11 is 0. The second kappa shape index (κ2) is 11.2. The zero-order valence-corrected chi connectivity index (χ0v) is 20.5. The minimum Gasteiger partial charge on any atom is -0.508 e. The molecule has 1 aromatic rings. The highest BCUT2D eigenvalue weighted by Gasteiger charge is 2.31. The van der Waals surface area contributed by atoms with E-state index in [1.165, 1.54) is 6.07 Å². The molecule has 3 N–H and O–H groups in total. The first-order valence-corrected chi connectivity index (χ1v) is 12.5. The first-order chi connectivity index (χ1) is 15.7. The second-order valence-electron chi connectivity index (χ2n) is 10.3. The number of hydrogen-bond acceptors (Lipinski definition) is 6. The van der Waals surface area contributed by atoms with Crippen LogP contribution in [0.25, 0.3) is 0 Å². The van der Waals surface area contributed by atoms with Gasteiger partial charge in [-0.05, 0) is 68.4 Å². The molecule has 0 aromatic heterocycles. The van der Waals surface area contributed by atoms with Crippen LogP contribution in [0.4, 0.5) is 0 Å². The number of aromatic hydroxyl groups is 2. The van der Waals surface area contributed by atoms with Crippen LogP contribution in [0.15, 0.2) is 12.1 Å². The van der Waals surface area contributed by atoms with E-state index in [4.69, 9.17) is 4.74 Å². The van der Waals surface area contributed by atoms with Crippen LogP contribution in [0.1, 0.15) is 94.5 Å². The Morgan fingerprint density at radius 3 is 2.24 bits per heavy atom. The third kappa shape index (κ3) is 6.62. The number of esters is 1. The van der Waals surface area contributed by atoms with E-state index in [0.29, 0.717) is 24.6 Å². The van der Waals surface area contributed by atoms with Crippen LogP contribution in [0, 0.1) is 5.92 Å². The third-order valence-electron chi connectivity index (χ3n) is 6.79. The maximum Gasteiger partial charge on any atom is 0.323 e. The Kier molecular flexibility index (Phi) is 8.63. The van der Waals surface area contributed by atoms with E-state index in [9.17, 15) is 19.8 Å². The topological polar surface area (TPSA) is 99.1 Å². The summed E-state index contributed by atoms with van der Waals surface area (Å²) in [6, 6.07) is 2.66. The quantitative estimate of drug-likeness (QED) is 0.500. The molecule has 0 spiro atoms. The monoisotopic (exact) mass is 460 g/mol. The Bertz CT molecular complexity index is 824. The highest BCUT2D eigenvalue weighted by molar-refractivity contribution is 5.97. The molecule has 1 amide bonds. The molecule has 1 saturated carbocycles. The van der Waals surface area contributed by atoms with Gasteiger partial charge in [-0.1, -0.05) is 27.7 Å². The van der Waals surface area contributed by atoms with Gasteiger partial charge in [0.15, 0.2) is 0 Å². The lowest BCUT2D eigenvalue weighted by Crippen LogP contribution is -2.51. The van der Waals surface area contributed by atoms with Gasteiger partial charge in [-0.25, -0.2) is 0 Å². The molecule has 33 heavy (non-hydrogen) atoms. The smallest absolute Gasteiger partial charge is 0.323 e. The van der Waals surface area contributed by atoms with Gasteiger partial charge in [-0.3, -0.25) is 9.59 Å². The van der Waals surface area contributed by atoms with Crippen LogP contribution in [0.5, 0.6) is 11.5 Å². The number of nitrogens with one attached hydrogen (secondary N) is 1. The fraction of sp³-hybridized carbons (Fsp3) is 0.692. The molecule has 1 aliphatic carbocycles. The summed E-state index contributed by atoms with van der Waals surface area (Å²) in [4.78, 5) is 27.6. The van der Waals surface area contributed by atoms with Gasteiger partial charge in [0.1, 0.15) is 23.6 Å². The van der Waals surface area contributed by atoms with E-state index in [0.717, 1.165) is 44.9 Å². The van der Waals surface area contributed by atoms with Crippen LogP contribution >= 0.6 is 0 Å². The van der Waals surface area contributed by atoms with Crippen molar-refractivity contribution in [3.05, 3.63) is 23.3 Å². The van der Waals surface area contributed by atoms with Gasteiger partial charge in [0, 0.05) is 25.2 Å². The lowest BCUT2D eigenvalue weighted by Gasteiger charge is -2.35. The number of nitrogens with zero attached hydrogens (tertiary/aromatic N) is 1. The summed E-state index contributed by atoms with van der Waals surface area (Å²) < 4.78 is 5.77. The van der Waals surface area contributed by atoms with Gasteiger partial charge in [-0.15, -0.1) is 0 Å². The number of amides is 1. The largest absolute Gasteiger partial charge is 0.508 e. The van der Waals surface area contributed by atoms with Crippen LogP contribution in [0.3, 0.4) is 0 Å². The van der Waals surface area contributed by atoms with Gasteiger partial charge < -0.3 is 25.2 Å². The number of rotatable bonds is 8. The van der Waals surface area contributed by atoms with Crippen molar-refractivity contribution in [1.82, 2.24) is 10.2 Å². The minimum atomic E-state index is -0.326. The van der Waals surface area contributed by atoms with Crippen molar-refractivity contribution in [2.45, 2.75) is 96.7 Å². The molecule has 7 nitrogen and oxygen atoms in total. The number of likely N-dealkylation sites (tertiary alicyclic amines) is 1. The van der Waals surface area contributed by atoms with Crippen molar-refractivity contribution in [3.63, 3.8) is 0 Å². The first-order valence-electron chi connectivity index (χ1n) is 12.5. The van der Waals surface area contributed by atoms with Gasteiger partial charge >= 0.3 is 5.97 Å². The number of piperidine rings is 1. The summed E-state index contributed by atoms with van der Waals surface area (Å²) in [5, 5.41) is 23.8. The Balaban J connectivity index is 1.59. The predicted molar refractivity (Wildman–Crippen MR) is 128 cm³/mol. The summed E-state index contributed by atoms with van der Waals surface area (Å²) in [5.74, 6) is -0.171.